The predicted molar refractivity (Wildman–Crippen MR) is 86.5 cm³/mol. The molecule has 1 amide bonds. The average Bonchev–Trinajstić information content (AvgIpc) is 3.00. The molecule has 3 heterocycles. The lowest BCUT2D eigenvalue weighted by Gasteiger charge is -2.29. The molecule has 122 valence electrons. The van der Waals surface area contributed by atoms with Gasteiger partial charge in [0.15, 0.2) is 0 Å². The number of morpholine rings is 1. The van der Waals surface area contributed by atoms with Gasteiger partial charge >= 0.3 is 0 Å². The summed E-state index contributed by atoms with van der Waals surface area (Å²) in [6, 6.07) is 7.41. The maximum absolute atomic E-state index is 12.8. The van der Waals surface area contributed by atoms with E-state index in [4.69, 9.17) is 9.15 Å². The van der Waals surface area contributed by atoms with E-state index in [-0.39, 0.29) is 5.91 Å². The molecule has 1 aliphatic heterocycles. The zero-order chi connectivity index (χ0) is 16.2. The van der Waals surface area contributed by atoms with Crippen molar-refractivity contribution in [2.24, 2.45) is 0 Å². The average molecular weight is 315 g/mol. The van der Waals surface area contributed by atoms with Crippen LogP contribution in [0.2, 0.25) is 0 Å². The summed E-state index contributed by atoms with van der Waals surface area (Å²) in [6.07, 6.45) is 1.72. The highest BCUT2D eigenvalue weighted by Gasteiger charge is 2.22. The summed E-state index contributed by atoms with van der Waals surface area (Å²) in [7, 11) is 1.77. The molecule has 6 nitrogen and oxygen atoms in total. The number of rotatable bonds is 4. The lowest BCUT2D eigenvalue weighted by Crippen LogP contribution is -2.38. The van der Waals surface area contributed by atoms with E-state index in [1.165, 1.54) is 0 Å². The Hall–Kier alpha value is -2.34. The lowest BCUT2D eigenvalue weighted by molar-refractivity contribution is 0.0774. The van der Waals surface area contributed by atoms with Crippen molar-refractivity contribution in [2.45, 2.75) is 13.5 Å². The summed E-state index contributed by atoms with van der Waals surface area (Å²) in [4.78, 5) is 21.0. The fraction of sp³-hybridized carbons (Fsp3) is 0.412. The fourth-order valence-corrected chi connectivity index (χ4v) is 2.67. The maximum Gasteiger partial charge on any atom is 0.257 e. The largest absolute Gasteiger partial charge is 0.464 e. The molecule has 0 atom stereocenters. The minimum atomic E-state index is -0.0614. The number of pyridine rings is 1. The van der Waals surface area contributed by atoms with Crippen LogP contribution in [0.1, 0.15) is 21.9 Å². The van der Waals surface area contributed by atoms with Gasteiger partial charge in [0.2, 0.25) is 0 Å². The molecule has 3 rings (SSSR count). The van der Waals surface area contributed by atoms with Crippen LogP contribution in [0.4, 0.5) is 5.82 Å². The molecule has 6 heteroatoms. The minimum absolute atomic E-state index is 0.0614. The first-order valence-electron chi connectivity index (χ1n) is 7.73. The van der Waals surface area contributed by atoms with Crippen molar-refractivity contribution in [3.63, 3.8) is 0 Å². The van der Waals surface area contributed by atoms with Crippen LogP contribution < -0.4 is 4.90 Å². The maximum atomic E-state index is 12.8. The fourth-order valence-electron chi connectivity index (χ4n) is 2.67. The van der Waals surface area contributed by atoms with Crippen LogP contribution in [0.5, 0.6) is 0 Å². The molecule has 23 heavy (non-hydrogen) atoms. The second-order valence-electron chi connectivity index (χ2n) is 5.65. The Bertz CT molecular complexity index is 677. The van der Waals surface area contributed by atoms with Crippen molar-refractivity contribution in [1.29, 1.82) is 0 Å². The molecule has 0 N–H and O–H groups in total. The van der Waals surface area contributed by atoms with Gasteiger partial charge in [-0.1, -0.05) is 0 Å². The number of aromatic nitrogens is 1. The third-order valence-corrected chi connectivity index (χ3v) is 3.86. The number of furan rings is 1. The van der Waals surface area contributed by atoms with Crippen LogP contribution in [-0.4, -0.2) is 49.1 Å². The quantitative estimate of drug-likeness (QED) is 0.864. The van der Waals surface area contributed by atoms with E-state index in [2.05, 4.69) is 9.88 Å². The van der Waals surface area contributed by atoms with Crippen molar-refractivity contribution in [3.8, 4) is 0 Å². The molecule has 1 saturated heterocycles. The molecule has 0 bridgehead atoms. The second-order valence-corrected chi connectivity index (χ2v) is 5.65. The molecule has 0 saturated carbocycles. The predicted octanol–water partition coefficient (Wildman–Crippen LogP) is 2.09. The van der Waals surface area contributed by atoms with E-state index in [9.17, 15) is 4.79 Å². The molecule has 1 aliphatic rings. The monoisotopic (exact) mass is 315 g/mol. The molecule has 0 radical (unpaired) electrons. The van der Waals surface area contributed by atoms with E-state index in [0.717, 1.165) is 30.4 Å². The van der Waals surface area contributed by atoms with Gasteiger partial charge in [-0.25, -0.2) is 4.98 Å². The smallest absolute Gasteiger partial charge is 0.257 e. The Labute approximate surface area is 135 Å². The number of anilines is 1. The Morgan fingerprint density at radius 1 is 1.30 bits per heavy atom. The van der Waals surface area contributed by atoms with E-state index >= 15 is 0 Å². The molecule has 2 aromatic rings. The molecular formula is C17H21N3O3. The van der Waals surface area contributed by atoms with Crippen LogP contribution in [0.15, 0.2) is 34.9 Å². The number of carbonyl (C=O) groups is 1. The van der Waals surface area contributed by atoms with Crippen molar-refractivity contribution in [1.82, 2.24) is 9.88 Å². The molecule has 2 aromatic heterocycles. The summed E-state index contributed by atoms with van der Waals surface area (Å²) in [5.41, 5.74) is 0.611. The lowest BCUT2D eigenvalue weighted by atomic mass is 10.2. The number of amides is 1. The molecule has 0 unspecified atom stereocenters. The topological polar surface area (TPSA) is 58.8 Å². The van der Waals surface area contributed by atoms with Gasteiger partial charge in [-0.15, -0.1) is 0 Å². The Kier molecular flexibility index (Phi) is 4.62. The van der Waals surface area contributed by atoms with E-state index < -0.39 is 0 Å². The summed E-state index contributed by atoms with van der Waals surface area (Å²) < 4.78 is 10.9. The number of carbonyl (C=O) groups excluding carboxylic acids is 1. The number of hydrogen-bond donors (Lipinski definition) is 0. The summed E-state index contributed by atoms with van der Waals surface area (Å²) >= 11 is 0. The Morgan fingerprint density at radius 3 is 2.78 bits per heavy atom. The summed E-state index contributed by atoms with van der Waals surface area (Å²) in [5.74, 6) is 2.28. The Balaban J connectivity index is 1.78. The van der Waals surface area contributed by atoms with Gasteiger partial charge in [-0.05, 0) is 31.2 Å². The van der Waals surface area contributed by atoms with Gasteiger partial charge in [0.25, 0.3) is 5.91 Å². The molecular weight excluding hydrogens is 294 g/mol. The van der Waals surface area contributed by atoms with E-state index in [1.807, 2.05) is 25.1 Å². The van der Waals surface area contributed by atoms with Gasteiger partial charge in [-0.3, -0.25) is 4.79 Å². The van der Waals surface area contributed by atoms with Crippen molar-refractivity contribution in [2.75, 3.05) is 38.3 Å². The molecule has 0 spiro atoms. The third-order valence-electron chi connectivity index (χ3n) is 3.86. The first kappa shape index (κ1) is 15.6. The Morgan fingerprint density at radius 2 is 2.09 bits per heavy atom. The van der Waals surface area contributed by atoms with Crippen LogP contribution in [0.25, 0.3) is 0 Å². The van der Waals surface area contributed by atoms with Crippen molar-refractivity contribution in [3.05, 3.63) is 47.5 Å². The second kappa shape index (κ2) is 6.83. The SMILES string of the molecule is Cc1ccc(CN(C)C(=O)c2cccnc2N2CCOCC2)o1. The number of ether oxygens (including phenoxy) is 1. The number of nitrogens with zero attached hydrogens (tertiary/aromatic N) is 3. The van der Waals surface area contributed by atoms with E-state index in [1.54, 1.807) is 24.2 Å². The minimum Gasteiger partial charge on any atom is -0.464 e. The van der Waals surface area contributed by atoms with Crippen LogP contribution in [0, 0.1) is 6.92 Å². The first-order valence-corrected chi connectivity index (χ1v) is 7.73. The van der Waals surface area contributed by atoms with E-state index in [0.29, 0.717) is 25.3 Å². The van der Waals surface area contributed by atoms with Crippen LogP contribution in [0.3, 0.4) is 0 Å². The van der Waals surface area contributed by atoms with Gasteiger partial charge in [0, 0.05) is 26.3 Å². The summed E-state index contributed by atoms with van der Waals surface area (Å²) in [5, 5.41) is 0. The van der Waals surface area contributed by atoms with Gasteiger partial charge < -0.3 is 19.0 Å². The first-order chi connectivity index (χ1) is 11.1. The molecule has 1 fully saturated rings. The van der Waals surface area contributed by atoms with Crippen LogP contribution >= 0.6 is 0 Å². The van der Waals surface area contributed by atoms with Crippen molar-refractivity contribution >= 4 is 11.7 Å². The highest BCUT2D eigenvalue weighted by atomic mass is 16.5. The summed E-state index contributed by atoms with van der Waals surface area (Å²) in [6.45, 7) is 5.14. The van der Waals surface area contributed by atoms with Crippen LogP contribution in [-0.2, 0) is 11.3 Å². The molecule has 0 aliphatic carbocycles. The highest BCUT2D eigenvalue weighted by Crippen LogP contribution is 2.21. The number of aryl methyl sites for hydroxylation is 1. The normalized spacial score (nSPS) is 14.8. The zero-order valence-electron chi connectivity index (χ0n) is 13.5. The molecule has 0 aromatic carbocycles. The van der Waals surface area contributed by atoms with Gasteiger partial charge in [0.05, 0.1) is 25.3 Å². The highest BCUT2D eigenvalue weighted by molar-refractivity contribution is 5.98. The zero-order valence-corrected chi connectivity index (χ0v) is 13.5. The van der Waals surface area contributed by atoms with Gasteiger partial charge in [0.1, 0.15) is 17.3 Å². The third kappa shape index (κ3) is 3.53. The van der Waals surface area contributed by atoms with Gasteiger partial charge in [-0.2, -0.15) is 0 Å². The standard InChI is InChI=1S/C17H21N3O3/c1-13-5-6-14(23-13)12-19(2)17(21)15-4-3-7-18-16(15)20-8-10-22-11-9-20/h3-7H,8-12H2,1-2H3. The van der Waals surface area contributed by atoms with Crippen molar-refractivity contribution < 1.29 is 13.9 Å². The number of hydrogen-bond acceptors (Lipinski definition) is 5.